The molecule has 1 unspecified atom stereocenters. The highest BCUT2D eigenvalue weighted by atomic mass is 32.1. The summed E-state index contributed by atoms with van der Waals surface area (Å²) in [6.07, 6.45) is 2.83. The second-order valence-corrected chi connectivity index (χ2v) is 6.74. The van der Waals surface area contributed by atoms with Gasteiger partial charge in [-0.3, -0.25) is 4.98 Å². The van der Waals surface area contributed by atoms with Crippen LogP contribution < -0.4 is 11.1 Å². The molecule has 2 aromatic heterocycles. The van der Waals surface area contributed by atoms with Crippen molar-refractivity contribution in [2.24, 2.45) is 0 Å². The van der Waals surface area contributed by atoms with Gasteiger partial charge in [-0.15, -0.1) is 11.3 Å². The van der Waals surface area contributed by atoms with E-state index in [-0.39, 0.29) is 0 Å². The van der Waals surface area contributed by atoms with Gasteiger partial charge in [0.25, 0.3) is 0 Å². The Labute approximate surface area is 128 Å². The number of anilines is 2. The van der Waals surface area contributed by atoms with Crippen LogP contribution in [-0.2, 0) is 6.42 Å². The fourth-order valence-electron chi connectivity index (χ4n) is 2.54. The van der Waals surface area contributed by atoms with Gasteiger partial charge in [0, 0.05) is 39.5 Å². The third kappa shape index (κ3) is 3.00. The Balaban J connectivity index is 1.83. The fraction of sp³-hybridized carbons (Fsp3) is 0.235. The van der Waals surface area contributed by atoms with Gasteiger partial charge < -0.3 is 11.1 Å². The van der Waals surface area contributed by atoms with Gasteiger partial charge in [0.2, 0.25) is 0 Å². The first-order valence-electron chi connectivity index (χ1n) is 7.08. The number of hydrogen-bond donors (Lipinski definition) is 2. The number of para-hydroxylation sites is 1. The molecule has 0 radical (unpaired) electrons. The van der Waals surface area contributed by atoms with E-state index in [1.54, 1.807) is 0 Å². The first-order valence-corrected chi connectivity index (χ1v) is 7.90. The average molecular weight is 297 g/mol. The van der Waals surface area contributed by atoms with Gasteiger partial charge >= 0.3 is 0 Å². The molecule has 4 heteroatoms. The largest absolute Gasteiger partial charge is 0.397 e. The zero-order valence-corrected chi connectivity index (χ0v) is 13.1. The molecule has 0 saturated heterocycles. The Morgan fingerprint density at radius 2 is 2.10 bits per heavy atom. The molecule has 21 heavy (non-hydrogen) atoms. The minimum absolute atomic E-state index is 0.357. The van der Waals surface area contributed by atoms with Crippen molar-refractivity contribution in [2.45, 2.75) is 26.3 Å². The van der Waals surface area contributed by atoms with E-state index >= 15 is 0 Å². The van der Waals surface area contributed by atoms with Crippen molar-refractivity contribution < 1.29 is 0 Å². The van der Waals surface area contributed by atoms with E-state index in [9.17, 15) is 0 Å². The predicted molar refractivity (Wildman–Crippen MR) is 92.0 cm³/mol. The molecule has 0 aliphatic rings. The van der Waals surface area contributed by atoms with Crippen molar-refractivity contribution in [3.05, 3.63) is 52.3 Å². The van der Waals surface area contributed by atoms with Gasteiger partial charge in [-0.2, -0.15) is 0 Å². The second-order valence-electron chi connectivity index (χ2n) is 5.36. The van der Waals surface area contributed by atoms with Crippen LogP contribution in [0.1, 0.15) is 16.7 Å². The van der Waals surface area contributed by atoms with Crippen LogP contribution in [0.4, 0.5) is 11.4 Å². The summed E-state index contributed by atoms with van der Waals surface area (Å²) in [6.45, 7) is 4.35. The number of fused-ring (bicyclic) bond motifs is 1. The molecule has 108 valence electrons. The van der Waals surface area contributed by atoms with Crippen LogP contribution in [0.3, 0.4) is 0 Å². The van der Waals surface area contributed by atoms with E-state index in [1.807, 2.05) is 35.7 Å². The third-order valence-corrected chi connectivity index (χ3v) is 4.53. The minimum Gasteiger partial charge on any atom is -0.397 e. The number of nitrogens with zero attached hydrogens (tertiary/aromatic N) is 1. The minimum atomic E-state index is 0.357. The SMILES string of the molecule is Cc1ccc(CC(C)Nc2ccnc3c(N)cccc23)s1. The number of aromatic nitrogens is 1. The van der Waals surface area contributed by atoms with Gasteiger partial charge in [0.05, 0.1) is 11.2 Å². The Kier molecular flexibility index (Phi) is 3.80. The van der Waals surface area contributed by atoms with Crippen LogP contribution in [-0.4, -0.2) is 11.0 Å². The summed E-state index contributed by atoms with van der Waals surface area (Å²) in [7, 11) is 0. The lowest BCUT2D eigenvalue weighted by molar-refractivity contribution is 0.802. The molecule has 1 aromatic carbocycles. The summed E-state index contributed by atoms with van der Waals surface area (Å²) in [4.78, 5) is 7.14. The average Bonchev–Trinajstić information content (AvgIpc) is 2.85. The molecule has 0 spiro atoms. The summed E-state index contributed by atoms with van der Waals surface area (Å²) >= 11 is 1.86. The maximum Gasteiger partial charge on any atom is 0.0951 e. The van der Waals surface area contributed by atoms with E-state index in [1.165, 1.54) is 9.75 Å². The second kappa shape index (κ2) is 5.74. The van der Waals surface area contributed by atoms with Crippen LogP contribution in [0.15, 0.2) is 42.6 Å². The molecular weight excluding hydrogens is 278 g/mol. The third-order valence-electron chi connectivity index (χ3n) is 3.51. The Hall–Kier alpha value is -2.07. The van der Waals surface area contributed by atoms with Gasteiger partial charge in [-0.25, -0.2) is 0 Å². The highest BCUT2D eigenvalue weighted by Crippen LogP contribution is 2.26. The molecule has 3 N–H and O–H groups in total. The lowest BCUT2D eigenvalue weighted by Gasteiger charge is -2.16. The van der Waals surface area contributed by atoms with Gasteiger partial charge in [0.15, 0.2) is 0 Å². The summed E-state index contributed by atoms with van der Waals surface area (Å²) in [5.41, 5.74) is 8.67. The Morgan fingerprint density at radius 1 is 1.24 bits per heavy atom. The topological polar surface area (TPSA) is 50.9 Å². The molecule has 3 rings (SSSR count). The van der Waals surface area contributed by atoms with Crippen LogP contribution in [0.25, 0.3) is 10.9 Å². The Morgan fingerprint density at radius 3 is 2.86 bits per heavy atom. The summed E-state index contributed by atoms with van der Waals surface area (Å²) in [6, 6.07) is 12.7. The van der Waals surface area contributed by atoms with Crippen molar-refractivity contribution in [1.82, 2.24) is 4.98 Å². The van der Waals surface area contributed by atoms with Crippen LogP contribution in [0.2, 0.25) is 0 Å². The van der Waals surface area contributed by atoms with E-state index in [0.29, 0.717) is 6.04 Å². The van der Waals surface area contributed by atoms with E-state index < -0.39 is 0 Å². The van der Waals surface area contributed by atoms with Gasteiger partial charge in [-0.05, 0) is 38.1 Å². The summed E-state index contributed by atoms with van der Waals surface area (Å²) in [5, 5.41) is 4.66. The highest BCUT2D eigenvalue weighted by molar-refractivity contribution is 7.11. The zero-order valence-electron chi connectivity index (χ0n) is 12.3. The number of nitrogen functional groups attached to an aromatic ring is 1. The molecule has 3 aromatic rings. The lowest BCUT2D eigenvalue weighted by Crippen LogP contribution is -2.17. The summed E-state index contributed by atoms with van der Waals surface area (Å²) < 4.78 is 0. The van der Waals surface area contributed by atoms with Crippen molar-refractivity contribution in [1.29, 1.82) is 0 Å². The standard InChI is InChI=1S/C17H19N3S/c1-11(10-13-7-6-12(2)21-13)20-16-8-9-19-17-14(16)4-3-5-15(17)18/h3-9,11H,10,18H2,1-2H3,(H,19,20). The molecule has 0 bridgehead atoms. The molecule has 0 saturated carbocycles. The molecule has 0 aliphatic carbocycles. The molecule has 2 heterocycles. The van der Waals surface area contributed by atoms with Crippen molar-refractivity contribution >= 4 is 33.6 Å². The summed E-state index contributed by atoms with van der Waals surface area (Å²) in [5.74, 6) is 0. The predicted octanol–water partition coefficient (Wildman–Crippen LogP) is 4.23. The van der Waals surface area contributed by atoms with Crippen molar-refractivity contribution in [2.75, 3.05) is 11.1 Å². The number of nitrogens with two attached hydrogens (primary N) is 1. The monoisotopic (exact) mass is 297 g/mol. The smallest absolute Gasteiger partial charge is 0.0951 e. The molecule has 3 nitrogen and oxygen atoms in total. The number of aryl methyl sites for hydroxylation is 1. The number of pyridine rings is 1. The first-order chi connectivity index (χ1) is 10.1. The zero-order chi connectivity index (χ0) is 14.8. The number of benzene rings is 1. The molecule has 1 atom stereocenters. The maximum atomic E-state index is 5.99. The van der Waals surface area contributed by atoms with Crippen molar-refractivity contribution in [3.63, 3.8) is 0 Å². The van der Waals surface area contributed by atoms with Crippen LogP contribution in [0, 0.1) is 6.92 Å². The number of thiophene rings is 1. The highest BCUT2D eigenvalue weighted by Gasteiger charge is 2.09. The van der Waals surface area contributed by atoms with E-state index in [4.69, 9.17) is 5.73 Å². The molecular formula is C17H19N3S. The van der Waals surface area contributed by atoms with Gasteiger partial charge in [-0.1, -0.05) is 12.1 Å². The van der Waals surface area contributed by atoms with Crippen LogP contribution in [0.5, 0.6) is 0 Å². The van der Waals surface area contributed by atoms with E-state index in [2.05, 4.69) is 42.3 Å². The normalized spacial score (nSPS) is 12.5. The van der Waals surface area contributed by atoms with E-state index in [0.717, 1.165) is 28.7 Å². The van der Waals surface area contributed by atoms with Gasteiger partial charge in [0.1, 0.15) is 0 Å². The molecule has 0 aliphatic heterocycles. The molecule has 0 amide bonds. The maximum absolute atomic E-state index is 5.99. The number of hydrogen-bond acceptors (Lipinski definition) is 4. The van der Waals surface area contributed by atoms with Crippen molar-refractivity contribution in [3.8, 4) is 0 Å². The lowest BCUT2D eigenvalue weighted by atomic mass is 10.1. The number of nitrogens with one attached hydrogen (secondary N) is 1. The Bertz CT molecular complexity index is 764. The fourth-order valence-corrected chi connectivity index (χ4v) is 3.56. The quantitative estimate of drug-likeness (QED) is 0.709. The first kappa shape index (κ1) is 13.9. The number of rotatable bonds is 4. The molecule has 0 fully saturated rings. The van der Waals surface area contributed by atoms with Crippen LogP contribution >= 0.6 is 11.3 Å².